The van der Waals surface area contributed by atoms with Crippen molar-refractivity contribution in [1.82, 2.24) is 10.3 Å². The van der Waals surface area contributed by atoms with Crippen LogP contribution in [0.5, 0.6) is 0 Å². The molecule has 0 saturated carbocycles. The minimum atomic E-state index is -0.748. The maximum Gasteiger partial charge on any atom is 0.230 e. The number of carbonyl (C=O) groups excluding carboxylic acids is 1. The first-order valence-electron chi connectivity index (χ1n) is 9.53. The van der Waals surface area contributed by atoms with Crippen molar-refractivity contribution in [2.24, 2.45) is 0 Å². The van der Waals surface area contributed by atoms with Crippen LogP contribution in [0.4, 0.5) is 10.1 Å². The van der Waals surface area contributed by atoms with Gasteiger partial charge in [-0.25, -0.2) is 4.39 Å². The summed E-state index contributed by atoms with van der Waals surface area (Å²) in [5.74, 6) is -0.460. The third-order valence-corrected chi connectivity index (χ3v) is 4.47. The van der Waals surface area contributed by atoms with Gasteiger partial charge in [0.1, 0.15) is 5.82 Å². The zero-order valence-corrected chi connectivity index (χ0v) is 17.2. The molecule has 3 N–H and O–H groups in total. The summed E-state index contributed by atoms with van der Waals surface area (Å²) in [6.07, 6.45) is 1.93. The number of aliphatic hydroxyl groups is 1. The molecule has 3 rings (SSSR count). The third-order valence-electron chi connectivity index (χ3n) is 4.47. The van der Waals surface area contributed by atoms with Crippen molar-refractivity contribution in [3.8, 4) is 0 Å². The van der Waals surface area contributed by atoms with Crippen LogP contribution in [0.3, 0.4) is 0 Å². The average Bonchev–Trinajstić information content (AvgIpc) is 2.73. The van der Waals surface area contributed by atoms with E-state index >= 15 is 0 Å². The largest absolute Gasteiger partial charge is 0.387 e. The van der Waals surface area contributed by atoms with Crippen LogP contribution in [0.1, 0.15) is 22.9 Å². The molecule has 0 aliphatic rings. The predicted molar refractivity (Wildman–Crippen MR) is 118 cm³/mol. The molecule has 0 fully saturated rings. The van der Waals surface area contributed by atoms with E-state index in [-0.39, 0.29) is 30.6 Å². The Labute approximate surface area is 181 Å². The fourth-order valence-corrected chi connectivity index (χ4v) is 2.93. The Hall–Kier alpha value is -2.80. The maximum absolute atomic E-state index is 13.2. The summed E-state index contributed by atoms with van der Waals surface area (Å²) in [5.41, 5.74) is 3.14. The molecular formula is C23H25ClFN3O2. The van der Waals surface area contributed by atoms with Gasteiger partial charge in [0.15, 0.2) is 0 Å². The van der Waals surface area contributed by atoms with Gasteiger partial charge in [-0.2, -0.15) is 0 Å². The van der Waals surface area contributed by atoms with E-state index in [1.807, 2.05) is 42.5 Å². The first-order chi connectivity index (χ1) is 14.1. The molecule has 7 heteroatoms. The number of carbonyl (C=O) groups is 1. The molecule has 1 unspecified atom stereocenters. The predicted octanol–water partition coefficient (Wildman–Crippen LogP) is 3.69. The number of amides is 1. The van der Waals surface area contributed by atoms with Crippen molar-refractivity contribution in [3.05, 3.63) is 95.6 Å². The number of aliphatic hydroxyl groups excluding tert-OH is 1. The lowest BCUT2D eigenvalue weighted by atomic mass is 10.1. The van der Waals surface area contributed by atoms with Gasteiger partial charge in [-0.05, 0) is 60.5 Å². The molecule has 0 aliphatic carbocycles. The van der Waals surface area contributed by atoms with E-state index in [1.54, 1.807) is 18.3 Å². The quantitative estimate of drug-likeness (QED) is 0.453. The average molecular weight is 430 g/mol. The molecule has 0 bridgehead atoms. The Bertz CT molecular complexity index is 923. The van der Waals surface area contributed by atoms with Crippen LogP contribution in [0.25, 0.3) is 0 Å². The highest BCUT2D eigenvalue weighted by atomic mass is 35.5. The molecule has 0 saturated heterocycles. The van der Waals surface area contributed by atoms with Gasteiger partial charge in [0.05, 0.1) is 12.5 Å². The molecule has 30 heavy (non-hydrogen) atoms. The monoisotopic (exact) mass is 429 g/mol. The normalized spacial score (nSPS) is 11.4. The van der Waals surface area contributed by atoms with E-state index in [0.29, 0.717) is 18.7 Å². The molecule has 1 aromatic heterocycles. The standard InChI is InChI=1S/C23H24FN3O2.ClH/c24-19-5-3-4-18(14-19)22(28)16-25-13-11-17-7-9-20(10-8-17)27-23(29)15-21-6-1-2-12-26-21;/h1-10,12,14,22,25,28H,11,13,15-16H2,(H,27,29);1H. The minimum Gasteiger partial charge on any atom is -0.387 e. The smallest absolute Gasteiger partial charge is 0.230 e. The molecule has 1 atom stereocenters. The van der Waals surface area contributed by atoms with Gasteiger partial charge < -0.3 is 15.7 Å². The second-order valence-electron chi connectivity index (χ2n) is 6.77. The Kier molecular flexibility index (Phi) is 9.41. The molecule has 0 radical (unpaired) electrons. The first kappa shape index (κ1) is 23.5. The molecule has 2 aromatic carbocycles. The number of benzene rings is 2. The van der Waals surface area contributed by atoms with E-state index in [1.165, 1.54) is 12.1 Å². The van der Waals surface area contributed by atoms with Crippen LogP contribution >= 0.6 is 12.4 Å². The van der Waals surface area contributed by atoms with Crippen LogP contribution in [0, 0.1) is 5.82 Å². The second kappa shape index (κ2) is 12.0. The second-order valence-corrected chi connectivity index (χ2v) is 6.77. The van der Waals surface area contributed by atoms with Crippen molar-refractivity contribution >= 4 is 24.0 Å². The lowest BCUT2D eigenvalue weighted by Crippen LogP contribution is -2.23. The number of nitrogens with one attached hydrogen (secondary N) is 2. The number of halogens is 2. The van der Waals surface area contributed by atoms with Gasteiger partial charge in [-0.1, -0.05) is 30.3 Å². The summed E-state index contributed by atoms with van der Waals surface area (Å²) < 4.78 is 13.2. The Morgan fingerprint density at radius 2 is 1.87 bits per heavy atom. The number of pyridine rings is 1. The highest BCUT2D eigenvalue weighted by Gasteiger charge is 2.08. The summed E-state index contributed by atoms with van der Waals surface area (Å²) >= 11 is 0. The molecule has 1 heterocycles. The fraction of sp³-hybridized carbons (Fsp3) is 0.217. The first-order valence-corrected chi connectivity index (χ1v) is 9.53. The topological polar surface area (TPSA) is 74.2 Å². The van der Waals surface area contributed by atoms with Crippen LogP contribution in [0.2, 0.25) is 0 Å². The number of rotatable bonds is 9. The zero-order chi connectivity index (χ0) is 20.5. The van der Waals surface area contributed by atoms with Gasteiger partial charge in [-0.15, -0.1) is 12.4 Å². The van der Waals surface area contributed by atoms with Crippen molar-refractivity contribution in [2.45, 2.75) is 18.9 Å². The zero-order valence-electron chi connectivity index (χ0n) is 16.4. The molecular weight excluding hydrogens is 405 g/mol. The van der Waals surface area contributed by atoms with Gasteiger partial charge in [0, 0.05) is 24.1 Å². The number of aromatic nitrogens is 1. The van der Waals surface area contributed by atoms with E-state index in [4.69, 9.17) is 0 Å². The number of anilines is 1. The van der Waals surface area contributed by atoms with Crippen LogP contribution in [0.15, 0.2) is 72.9 Å². The molecule has 3 aromatic rings. The highest BCUT2D eigenvalue weighted by molar-refractivity contribution is 5.92. The summed E-state index contributed by atoms with van der Waals surface area (Å²) in [7, 11) is 0. The van der Waals surface area contributed by atoms with Crippen LogP contribution in [-0.4, -0.2) is 29.1 Å². The van der Waals surface area contributed by atoms with E-state index in [2.05, 4.69) is 15.6 Å². The third kappa shape index (κ3) is 7.55. The molecule has 158 valence electrons. The van der Waals surface area contributed by atoms with E-state index < -0.39 is 6.10 Å². The maximum atomic E-state index is 13.2. The lowest BCUT2D eigenvalue weighted by Gasteiger charge is -2.12. The molecule has 1 amide bonds. The SMILES string of the molecule is Cl.O=C(Cc1ccccn1)Nc1ccc(CCNCC(O)c2cccc(F)c2)cc1. The van der Waals surface area contributed by atoms with Gasteiger partial charge in [-0.3, -0.25) is 9.78 Å². The molecule has 0 spiro atoms. The lowest BCUT2D eigenvalue weighted by molar-refractivity contribution is -0.115. The van der Waals surface area contributed by atoms with Crippen LogP contribution in [-0.2, 0) is 17.6 Å². The van der Waals surface area contributed by atoms with Gasteiger partial charge in [0.2, 0.25) is 5.91 Å². The summed E-state index contributed by atoms with van der Waals surface area (Å²) in [6, 6.07) is 19.1. The fourth-order valence-electron chi connectivity index (χ4n) is 2.93. The number of hydrogen-bond acceptors (Lipinski definition) is 4. The number of nitrogens with zero attached hydrogens (tertiary/aromatic N) is 1. The van der Waals surface area contributed by atoms with Crippen molar-refractivity contribution < 1.29 is 14.3 Å². The highest BCUT2D eigenvalue weighted by Crippen LogP contribution is 2.13. The minimum absolute atomic E-state index is 0. The van der Waals surface area contributed by atoms with Crippen LogP contribution < -0.4 is 10.6 Å². The van der Waals surface area contributed by atoms with Gasteiger partial charge in [0.25, 0.3) is 0 Å². The van der Waals surface area contributed by atoms with Crippen molar-refractivity contribution in [1.29, 1.82) is 0 Å². The summed E-state index contributed by atoms with van der Waals surface area (Å²) in [5, 5.41) is 16.1. The Balaban J connectivity index is 0.00000320. The van der Waals surface area contributed by atoms with Crippen molar-refractivity contribution in [2.75, 3.05) is 18.4 Å². The Morgan fingerprint density at radius 1 is 1.07 bits per heavy atom. The molecule has 5 nitrogen and oxygen atoms in total. The van der Waals surface area contributed by atoms with Gasteiger partial charge >= 0.3 is 0 Å². The van der Waals surface area contributed by atoms with Crippen molar-refractivity contribution in [3.63, 3.8) is 0 Å². The van der Waals surface area contributed by atoms with E-state index in [9.17, 15) is 14.3 Å². The number of hydrogen-bond donors (Lipinski definition) is 3. The van der Waals surface area contributed by atoms with E-state index in [0.717, 1.165) is 23.4 Å². The Morgan fingerprint density at radius 3 is 2.57 bits per heavy atom. The molecule has 0 aliphatic heterocycles. The summed E-state index contributed by atoms with van der Waals surface area (Å²) in [4.78, 5) is 16.2. The summed E-state index contributed by atoms with van der Waals surface area (Å²) in [6.45, 7) is 1.03.